The summed E-state index contributed by atoms with van der Waals surface area (Å²) in [6.07, 6.45) is 8.35. The summed E-state index contributed by atoms with van der Waals surface area (Å²) in [5, 5.41) is 0. The summed E-state index contributed by atoms with van der Waals surface area (Å²) >= 11 is 5.87. The number of alkyl halides is 1. The van der Waals surface area contributed by atoms with Crippen LogP contribution < -0.4 is 0 Å². The van der Waals surface area contributed by atoms with Gasteiger partial charge >= 0.3 is 0 Å². The summed E-state index contributed by atoms with van der Waals surface area (Å²) in [7, 11) is 2.28. The van der Waals surface area contributed by atoms with E-state index in [4.69, 9.17) is 11.6 Å². The summed E-state index contributed by atoms with van der Waals surface area (Å²) in [5.74, 6) is 0.789. The maximum absolute atomic E-state index is 5.87. The molecule has 0 radical (unpaired) electrons. The van der Waals surface area contributed by atoms with Gasteiger partial charge in [0.1, 0.15) is 0 Å². The molecule has 1 saturated carbocycles. The standard InChI is InChI=1S/C13H25ClN2/c1-15-9-3-2-4-12(15)7-10-16(11-8-14)13-5-6-13/h12-13H,2-11H2,1H3. The highest BCUT2D eigenvalue weighted by Crippen LogP contribution is 2.27. The molecule has 1 atom stereocenters. The maximum Gasteiger partial charge on any atom is 0.0351 e. The molecule has 0 bridgehead atoms. The Hall–Kier alpha value is 0.210. The topological polar surface area (TPSA) is 6.48 Å². The smallest absolute Gasteiger partial charge is 0.0351 e. The normalized spacial score (nSPS) is 27.6. The van der Waals surface area contributed by atoms with Crippen molar-refractivity contribution in [1.29, 1.82) is 0 Å². The average molecular weight is 245 g/mol. The SMILES string of the molecule is CN1CCCCC1CCN(CCCl)C1CC1. The van der Waals surface area contributed by atoms with Gasteiger partial charge in [0.25, 0.3) is 0 Å². The zero-order valence-electron chi connectivity index (χ0n) is 10.5. The molecule has 0 aromatic carbocycles. The van der Waals surface area contributed by atoms with E-state index in [0.717, 1.165) is 24.5 Å². The average Bonchev–Trinajstić information content (AvgIpc) is 3.10. The van der Waals surface area contributed by atoms with Crippen molar-refractivity contribution < 1.29 is 0 Å². The lowest BCUT2D eigenvalue weighted by Gasteiger charge is -2.34. The quantitative estimate of drug-likeness (QED) is 0.663. The van der Waals surface area contributed by atoms with Gasteiger partial charge in [0.05, 0.1) is 0 Å². The minimum absolute atomic E-state index is 0.789. The van der Waals surface area contributed by atoms with E-state index in [2.05, 4.69) is 16.8 Å². The van der Waals surface area contributed by atoms with Gasteiger partial charge in [0.2, 0.25) is 0 Å². The van der Waals surface area contributed by atoms with Crippen LogP contribution in [0.3, 0.4) is 0 Å². The first kappa shape index (κ1) is 12.7. The van der Waals surface area contributed by atoms with Crippen LogP contribution in [0.15, 0.2) is 0 Å². The van der Waals surface area contributed by atoms with Crippen molar-refractivity contribution >= 4 is 11.6 Å². The van der Waals surface area contributed by atoms with E-state index in [1.54, 1.807) is 0 Å². The van der Waals surface area contributed by atoms with Gasteiger partial charge in [-0.2, -0.15) is 0 Å². The van der Waals surface area contributed by atoms with Crippen LogP contribution in [-0.2, 0) is 0 Å². The molecule has 94 valence electrons. The van der Waals surface area contributed by atoms with Gasteiger partial charge < -0.3 is 4.90 Å². The van der Waals surface area contributed by atoms with Crippen molar-refractivity contribution in [2.24, 2.45) is 0 Å². The van der Waals surface area contributed by atoms with Crippen molar-refractivity contribution in [3.63, 3.8) is 0 Å². The fraction of sp³-hybridized carbons (Fsp3) is 1.00. The number of nitrogens with zero attached hydrogens (tertiary/aromatic N) is 2. The summed E-state index contributed by atoms with van der Waals surface area (Å²) in [6.45, 7) is 3.64. The Morgan fingerprint density at radius 2 is 2.00 bits per heavy atom. The van der Waals surface area contributed by atoms with Crippen LogP contribution in [0.2, 0.25) is 0 Å². The molecule has 16 heavy (non-hydrogen) atoms. The molecule has 1 unspecified atom stereocenters. The van der Waals surface area contributed by atoms with Crippen molar-refractivity contribution in [1.82, 2.24) is 9.80 Å². The largest absolute Gasteiger partial charge is 0.303 e. The molecule has 1 aliphatic heterocycles. The van der Waals surface area contributed by atoms with E-state index in [1.807, 2.05) is 0 Å². The first-order valence-corrected chi connectivity index (χ1v) is 7.35. The lowest BCUT2D eigenvalue weighted by atomic mass is 10.00. The van der Waals surface area contributed by atoms with Crippen LogP contribution in [-0.4, -0.2) is 54.4 Å². The van der Waals surface area contributed by atoms with Crippen LogP contribution >= 0.6 is 11.6 Å². The second-order valence-corrected chi connectivity index (χ2v) is 5.75. The van der Waals surface area contributed by atoms with E-state index in [1.165, 1.54) is 51.6 Å². The van der Waals surface area contributed by atoms with Gasteiger partial charge in [-0.3, -0.25) is 4.90 Å². The predicted octanol–water partition coefficient (Wildman–Crippen LogP) is 2.56. The van der Waals surface area contributed by atoms with Crippen molar-refractivity contribution in [2.75, 3.05) is 32.6 Å². The summed E-state index contributed by atoms with van der Waals surface area (Å²) < 4.78 is 0. The molecule has 0 aromatic rings. The van der Waals surface area contributed by atoms with Crippen molar-refractivity contribution in [3.05, 3.63) is 0 Å². The van der Waals surface area contributed by atoms with Crippen LogP contribution in [0.1, 0.15) is 38.5 Å². The van der Waals surface area contributed by atoms with Gasteiger partial charge in [-0.1, -0.05) is 6.42 Å². The number of rotatable bonds is 6. The highest BCUT2D eigenvalue weighted by atomic mass is 35.5. The Bertz CT molecular complexity index is 202. The Kier molecular flexibility index (Phi) is 4.93. The molecule has 0 N–H and O–H groups in total. The molecule has 1 saturated heterocycles. The summed E-state index contributed by atoms with van der Waals surface area (Å²) in [4.78, 5) is 5.16. The van der Waals surface area contributed by atoms with E-state index in [9.17, 15) is 0 Å². The fourth-order valence-electron chi connectivity index (χ4n) is 2.85. The summed E-state index contributed by atoms with van der Waals surface area (Å²) in [5.41, 5.74) is 0. The lowest BCUT2D eigenvalue weighted by molar-refractivity contribution is 0.153. The molecule has 2 rings (SSSR count). The molecular formula is C13H25ClN2. The highest BCUT2D eigenvalue weighted by molar-refractivity contribution is 6.18. The maximum atomic E-state index is 5.87. The van der Waals surface area contributed by atoms with Crippen LogP contribution in [0, 0.1) is 0 Å². The van der Waals surface area contributed by atoms with Crippen LogP contribution in [0.4, 0.5) is 0 Å². The highest BCUT2D eigenvalue weighted by Gasteiger charge is 2.29. The molecule has 0 aromatic heterocycles. The molecular weight excluding hydrogens is 220 g/mol. The lowest BCUT2D eigenvalue weighted by Crippen LogP contribution is -2.39. The Morgan fingerprint density at radius 1 is 1.19 bits per heavy atom. The Balaban J connectivity index is 1.71. The van der Waals surface area contributed by atoms with E-state index < -0.39 is 0 Å². The number of halogens is 1. The third-order valence-electron chi connectivity index (χ3n) is 4.11. The van der Waals surface area contributed by atoms with E-state index in [0.29, 0.717) is 0 Å². The summed E-state index contributed by atoms with van der Waals surface area (Å²) in [6, 6.07) is 1.69. The molecule has 1 heterocycles. The Morgan fingerprint density at radius 3 is 2.62 bits per heavy atom. The third-order valence-corrected chi connectivity index (χ3v) is 4.28. The fourth-order valence-corrected chi connectivity index (χ4v) is 3.07. The molecule has 0 spiro atoms. The van der Waals surface area contributed by atoms with Crippen molar-refractivity contribution in [2.45, 2.75) is 50.6 Å². The van der Waals surface area contributed by atoms with E-state index >= 15 is 0 Å². The number of piperidine rings is 1. The molecule has 2 aliphatic rings. The Labute approximate surface area is 105 Å². The van der Waals surface area contributed by atoms with Gasteiger partial charge in [-0.05, 0) is 52.2 Å². The van der Waals surface area contributed by atoms with Crippen LogP contribution in [0.5, 0.6) is 0 Å². The number of likely N-dealkylation sites (tertiary alicyclic amines) is 1. The minimum atomic E-state index is 0.789. The predicted molar refractivity (Wildman–Crippen MR) is 70.2 cm³/mol. The minimum Gasteiger partial charge on any atom is -0.303 e. The molecule has 2 nitrogen and oxygen atoms in total. The number of hydrogen-bond acceptors (Lipinski definition) is 2. The monoisotopic (exact) mass is 244 g/mol. The zero-order valence-corrected chi connectivity index (χ0v) is 11.3. The molecule has 2 fully saturated rings. The zero-order chi connectivity index (χ0) is 11.4. The third kappa shape index (κ3) is 3.61. The van der Waals surface area contributed by atoms with Crippen molar-refractivity contribution in [3.8, 4) is 0 Å². The second kappa shape index (κ2) is 6.23. The molecule has 3 heteroatoms. The molecule has 0 amide bonds. The van der Waals surface area contributed by atoms with Gasteiger partial charge in [-0.15, -0.1) is 11.6 Å². The van der Waals surface area contributed by atoms with Crippen LogP contribution in [0.25, 0.3) is 0 Å². The molecule has 1 aliphatic carbocycles. The van der Waals surface area contributed by atoms with Gasteiger partial charge in [0.15, 0.2) is 0 Å². The number of hydrogen-bond donors (Lipinski definition) is 0. The van der Waals surface area contributed by atoms with Gasteiger partial charge in [-0.25, -0.2) is 0 Å². The second-order valence-electron chi connectivity index (χ2n) is 5.38. The van der Waals surface area contributed by atoms with Gasteiger partial charge in [0, 0.05) is 24.5 Å². The first-order chi connectivity index (χ1) is 7.81. The first-order valence-electron chi connectivity index (χ1n) is 6.81. The van der Waals surface area contributed by atoms with E-state index in [-0.39, 0.29) is 0 Å².